The van der Waals surface area contributed by atoms with Gasteiger partial charge in [0.2, 0.25) is 0 Å². The summed E-state index contributed by atoms with van der Waals surface area (Å²) in [6.07, 6.45) is 0. The Morgan fingerprint density at radius 2 is 2.08 bits per heavy atom. The smallest absolute Gasteiger partial charge is 0.257 e. The van der Waals surface area contributed by atoms with E-state index in [1.807, 2.05) is 33.3 Å². The van der Waals surface area contributed by atoms with E-state index in [1.165, 1.54) is 22.5 Å². The average molecular weight is 355 g/mol. The molecule has 2 aromatic heterocycles. The fraction of sp³-hybridized carbons (Fsp3) is 0.222. The zero-order chi connectivity index (χ0) is 16.7. The lowest BCUT2D eigenvalue weighted by Crippen LogP contribution is -2.15. The molecule has 0 aliphatic carbocycles. The van der Waals surface area contributed by atoms with Crippen molar-refractivity contribution in [2.45, 2.75) is 25.4 Å². The van der Waals surface area contributed by atoms with Crippen molar-refractivity contribution < 1.29 is 4.79 Å². The van der Waals surface area contributed by atoms with Crippen molar-refractivity contribution in [3.05, 3.63) is 63.0 Å². The molecule has 24 heavy (non-hydrogen) atoms. The zero-order valence-corrected chi connectivity index (χ0v) is 15.1. The first-order valence-electron chi connectivity index (χ1n) is 7.73. The number of hydrogen-bond donors (Lipinski definition) is 1. The first kappa shape index (κ1) is 15.5. The molecule has 0 fully saturated rings. The molecule has 1 aliphatic heterocycles. The predicted octanol–water partition coefficient (Wildman–Crippen LogP) is 4.55. The van der Waals surface area contributed by atoms with Gasteiger partial charge < -0.3 is 5.32 Å². The van der Waals surface area contributed by atoms with Gasteiger partial charge in [-0.05, 0) is 48.6 Å². The number of fused-ring (bicyclic) bond motifs is 1. The Kier molecular flexibility index (Phi) is 3.94. The molecule has 0 radical (unpaired) electrons. The number of rotatable bonds is 3. The Balaban J connectivity index is 1.77. The summed E-state index contributed by atoms with van der Waals surface area (Å²) in [6, 6.07) is 8.10. The van der Waals surface area contributed by atoms with Gasteiger partial charge in [0, 0.05) is 22.4 Å². The molecule has 0 saturated carbocycles. The standard InChI is InChI=1S/C18H17N3OS2/c1-11-3-4-14(7-12(11)2)21-17(15-9-24-10-16(15)20-21)19-18(22)13-5-6-23-8-13/h3-8H,9-10H2,1-2H3,(H,19,22). The second-order valence-corrected chi connectivity index (χ2v) is 7.68. The summed E-state index contributed by atoms with van der Waals surface area (Å²) < 4.78 is 1.88. The van der Waals surface area contributed by atoms with Crippen LogP contribution in [0.1, 0.15) is 32.7 Å². The van der Waals surface area contributed by atoms with Gasteiger partial charge in [0.15, 0.2) is 0 Å². The highest BCUT2D eigenvalue weighted by molar-refractivity contribution is 7.98. The minimum absolute atomic E-state index is 0.0825. The van der Waals surface area contributed by atoms with Gasteiger partial charge in [-0.15, -0.1) is 0 Å². The maximum absolute atomic E-state index is 12.5. The van der Waals surface area contributed by atoms with E-state index >= 15 is 0 Å². The molecule has 4 nitrogen and oxygen atoms in total. The van der Waals surface area contributed by atoms with E-state index in [2.05, 4.69) is 37.4 Å². The highest BCUT2D eigenvalue weighted by atomic mass is 32.2. The van der Waals surface area contributed by atoms with Gasteiger partial charge >= 0.3 is 0 Å². The lowest BCUT2D eigenvalue weighted by molar-refractivity contribution is 0.102. The Hall–Kier alpha value is -2.05. The number of carbonyl (C=O) groups is 1. The molecular formula is C18H17N3OS2. The molecule has 6 heteroatoms. The van der Waals surface area contributed by atoms with Crippen molar-refractivity contribution in [3.8, 4) is 5.69 Å². The van der Waals surface area contributed by atoms with Crippen molar-refractivity contribution in [3.63, 3.8) is 0 Å². The van der Waals surface area contributed by atoms with E-state index < -0.39 is 0 Å². The minimum Gasteiger partial charge on any atom is -0.306 e. The number of carbonyl (C=O) groups excluding carboxylic acids is 1. The third-order valence-corrected chi connectivity index (χ3v) is 5.96. The lowest BCUT2D eigenvalue weighted by atomic mass is 10.1. The van der Waals surface area contributed by atoms with Crippen LogP contribution in [0.2, 0.25) is 0 Å². The maximum atomic E-state index is 12.5. The van der Waals surface area contributed by atoms with Crippen molar-refractivity contribution >= 4 is 34.8 Å². The predicted molar refractivity (Wildman–Crippen MR) is 100 cm³/mol. The Morgan fingerprint density at radius 3 is 2.83 bits per heavy atom. The third-order valence-electron chi connectivity index (χ3n) is 4.30. The molecule has 1 N–H and O–H groups in total. The Labute approximate surface area is 148 Å². The van der Waals surface area contributed by atoms with Crippen LogP contribution in [0, 0.1) is 13.8 Å². The highest BCUT2D eigenvalue weighted by Gasteiger charge is 2.25. The van der Waals surface area contributed by atoms with Crippen LogP contribution in [0.3, 0.4) is 0 Å². The first-order chi connectivity index (χ1) is 11.6. The molecular weight excluding hydrogens is 338 g/mol. The number of anilines is 1. The quantitative estimate of drug-likeness (QED) is 0.750. The van der Waals surface area contributed by atoms with E-state index in [0.29, 0.717) is 5.56 Å². The molecule has 0 atom stereocenters. The van der Waals surface area contributed by atoms with Crippen LogP contribution in [-0.2, 0) is 11.5 Å². The van der Waals surface area contributed by atoms with E-state index in [0.717, 1.165) is 34.3 Å². The van der Waals surface area contributed by atoms with Crippen LogP contribution < -0.4 is 5.32 Å². The van der Waals surface area contributed by atoms with Crippen LogP contribution >= 0.6 is 23.1 Å². The van der Waals surface area contributed by atoms with Gasteiger partial charge in [-0.3, -0.25) is 4.79 Å². The summed E-state index contributed by atoms with van der Waals surface area (Å²) in [4.78, 5) is 12.5. The number of thiophene rings is 1. The first-order valence-corrected chi connectivity index (χ1v) is 9.83. The molecule has 4 rings (SSSR count). The molecule has 0 spiro atoms. The summed E-state index contributed by atoms with van der Waals surface area (Å²) >= 11 is 3.36. The number of hydrogen-bond acceptors (Lipinski definition) is 4. The number of aryl methyl sites for hydroxylation is 2. The van der Waals surface area contributed by atoms with Gasteiger partial charge in [0.05, 0.1) is 16.9 Å². The largest absolute Gasteiger partial charge is 0.306 e. The van der Waals surface area contributed by atoms with Crippen molar-refractivity contribution in [2.75, 3.05) is 5.32 Å². The summed E-state index contributed by atoms with van der Waals surface area (Å²) in [5, 5.41) is 11.6. The number of aromatic nitrogens is 2. The summed E-state index contributed by atoms with van der Waals surface area (Å²) in [5.74, 6) is 2.50. The molecule has 3 heterocycles. The van der Waals surface area contributed by atoms with Crippen LogP contribution in [0.4, 0.5) is 5.82 Å². The average Bonchev–Trinajstić information content (AvgIpc) is 3.28. The summed E-state index contributed by atoms with van der Waals surface area (Å²) in [7, 11) is 0. The SMILES string of the molecule is Cc1ccc(-n2nc3c(c2NC(=O)c2ccsc2)CSC3)cc1C. The zero-order valence-electron chi connectivity index (χ0n) is 13.5. The summed E-state index contributed by atoms with van der Waals surface area (Å²) in [5.41, 5.74) is 6.34. The molecule has 0 saturated heterocycles. The second kappa shape index (κ2) is 6.11. The highest BCUT2D eigenvalue weighted by Crippen LogP contribution is 2.36. The van der Waals surface area contributed by atoms with E-state index in [4.69, 9.17) is 5.10 Å². The monoisotopic (exact) mass is 355 g/mol. The number of thioether (sulfide) groups is 1. The third kappa shape index (κ3) is 2.65. The van der Waals surface area contributed by atoms with E-state index in [1.54, 1.807) is 0 Å². The minimum atomic E-state index is -0.0825. The van der Waals surface area contributed by atoms with Gasteiger partial charge in [-0.25, -0.2) is 4.68 Å². The van der Waals surface area contributed by atoms with Gasteiger partial charge in [-0.2, -0.15) is 28.2 Å². The van der Waals surface area contributed by atoms with Crippen molar-refractivity contribution in [1.82, 2.24) is 9.78 Å². The number of nitrogens with one attached hydrogen (secondary N) is 1. The van der Waals surface area contributed by atoms with E-state index in [-0.39, 0.29) is 5.91 Å². The molecule has 1 aliphatic rings. The van der Waals surface area contributed by atoms with Crippen molar-refractivity contribution in [2.24, 2.45) is 0 Å². The van der Waals surface area contributed by atoms with Crippen LogP contribution in [0.5, 0.6) is 0 Å². The molecule has 0 bridgehead atoms. The van der Waals surface area contributed by atoms with Crippen molar-refractivity contribution in [1.29, 1.82) is 0 Å². The summed E-state index contributed by atoms with van der Waals surface area (Å²) in [6.45, 7) is 4.19. The van der Waals surface area contributed by atoms with Gasteiger partial charge in [0.1, 0.15) is 5.82 Å². The van der Waals surface area contributed by atoms with E-state index in [9.17, 15) is 4.79 Å². The maximum Gasteiger partial charge on any atom is 0.257 e. The van der Waals surface area contributed by atoms with Gasteiger partial charge in [0.25, 0.3) is 5.91 Å². The molecule has 1 amide bonds. The fourth-order valence-corrected chi connectivity index (χ4v) is 4.43. The van der Waals surface area contributed by atoms with Crippen LogP contribution in [0.25, 0.3) is 5.69 Å². The molecule has 0 unspecified atom stereocenters. The lowest BCUT2D eigenvalue weighted by Gasteiger charge is -2.12. The number of nitrogens with zero attached hydrogens (tertiary/aromatic N) is 2. The number of amides is 1. The van der Waals surface area contributed by atoms with Crippen LogP contribution in [-0.4, -0.2) is 15.7 Å². The second-order valence-electron chi connectivity index (χ2n) is 5.91. The fourth-order valence-electron chi connectivity index (χ4n) is 2.76. The Morgan fingerprint density at radius 1 is 1.21 bits per heavy atom. The Bertz CT molecular complexity index is 913. The van der Waals surface area contributed by atoms with Gasteiger partial charge in [-0.1, -0.05) is 6.07 Å². The normalized spacial score (nSPS) is 13.1. The molecule has 3 aromatic rings. The topological polar surface area (TPSA) is 46.9 Å². The molecule has 122 valence electrons. The number of benzene rings is 1. The van der Waals surface area contributed by atoms with Crippen LogP contribution in [0.15, 0.2) is 35.0 Å². The molecule has 1 aromatic carbocycles.